The van der Waals surface area contributed by atoms with Crippen molar-refractivity contribution in [2.24, 2.45) is 5.92 Å². The van der Waals surface area contributed by atoms with Crippen LogP contribution in [0.25, 0.3) is 0 Å². The number of piperidine rings is 1. The average molecular weight is 374 g/mol. The molecule has 2 N–H and O–H groups in total. The zero-order valence-corrected chi connectivity index (χ0v) is 13.9. The SMILES string of the molecule is Cl.O=S(=O)(NCCC1CCCNC1)c1ccc(C(F)(F)F)nc1. The van der Waals surface area contributed by atoms with Gasteiger partial charge in [0.1, 0.15) is 10.6 Å². The number of sulfonamides is 1. The van der Waals surface area contributed by atoms with E-state index in [2.05, 4.69) is 15.0 Å². The first kappa shape index (κ1) is 20.1. The lowest BCUT2D eigenvalue weighted by atomic mass is 9.96. The fourth-order valence-corrected chi connectivity index (χ4v) is 3.35. The molecule has 2 rings (SSSR count). The number of hydrogen-bond donors (Lipinski definition) is 2. The van der Waals surface area contributed by atoms with Crippen LogP contribution in [-0.4, -0.2) is 33.0 Å². The first-order valence-corrected chi connectivity index (χ1v) is 8.51. The highest BCUT2D eigenvalue weighted by atomic mass is 35.5. The van der Waals surface area contributed by atoms with Gasteiger partial charge in [0.05, 0.1) is 0 Å². The Morgan fingerprint density at radius 1 is 1.35 bits per heavy atom. The van der Waals surface area contributed by atoms with Gasteiger partial charge in [0.15, 0.2) is 0 Å². The Morgan fingerprint density at radius 3 is 2.61 bits per heavy atom. The summed E-state index contributed by atoms with van der Waals surface area (Å²) in [6, 6.07) is 1.58. The lowest BCUT2D eigenvalue weighted by Crippen LogP contribution is -2.33. The summed E-state index contributed by atoms with van der Waals surface area (Å²) in [6.07, 6.45) is -1.03. The van der Waals surface area contributed by atoms with Crippen LogP contribution in [0.1, 0.15) is 25.0 Å². The molecule has 1 fully saturated rings. The fourth-order valence-electron chi connectivity index (χ4n) is 2.36. The number of alkyl halides is 3. The van der Waals surface area contributed by atoms with E-state index in [1.165, 1.54) is 0 Å². The smallest absolute Gasteiger partial charge is 0.316 e. The van der Waals surface area contributed by atoms with Gasteiger partial charge in [-0.15, -0.1) is 12.4 Å². The van der Waals surface area contributed by atoms with Crippen molar-refractivity contribution in [1.82, 2.24) is 15.0 Å². The summed E-state index contributed by atoms with van der Waals surface area (Å²) in [5.74, 6) is 0.419. The molecule has 23 heavy (non-hydrogen) atoms. The van der Waals surface area contributed by atoms with Crippen LogP contribution in [0.4, 0.5) is 13.2 Å². The molecule has 2 heterocycles. The van der Waals surface area contributed by atoms with E-state index in [4.69, 9.17) is 0 Å². The van der Waals surface area contributed by atoms with Gasteiger partial charge in [0, 0.05) is 12.7 Å². The molecule has 5 nitrogen and oxygen atoms in total. The minimum atomic E-state index is -4.58. The molecule has 0 amide bonds. The molecule has 0 aromatic carbocycles. The maximum absolute atomic E-state index is 12.4. The Morgan fingerprint density at radius 2 is 2.09 bits per heavy atom. The van der Waals surface area contributed by atoms with Gasteiger partial charge in [-0.3, -0.25) is 4.98 Å². The van der Waals surface area contributed by atoms with Crippen molar-refractivity contribution in [3.8, 4) is 0 Å². The summed E-state index contributed by atoms with van der Waals surface area (Å²) in [6.45, 7) is 2.11. The molecular formula is C13H19ClF3N3O2S. The molecule has 1 atom stereocenters. The number of nitrogens with zero attached hydrogens (tertiary/aromatic N) is 1. The predicted octanol–water partition coefficient (Wildman–Crippen LogP) is 2.19. The summed E-state index contributed by atoms with van der Waals surface area (Å²) in [5.41, 5.74) is -1.11. The van der Waals surface area contributed by atoms with E-state index in [0.717, 1.165) is 38.2 Å². The van der Waals surface area contributed by atoms with Gasteiger partial charge >= 0.3 is 6.18 Å². The van der Waals surface area contributed by atoms with E-state index in [1.807, 2.05) is 0 Å². The van der Waals surface area contributed by atoms with Crippen LogP contribution in [0.2, 0.25) is 0 Å². The van der Waals surface area contributed by atoms with Crippen molar-refractivity contribution in [3.05, 3.63) is 24.0 Å². The third-order valence-electron chi connectivity index (χ3n) is 3.58. The maximum atomic E-state index is 12.4. The van der Waals surface area contributed by atoms with Crippen LogP contribution in [-0.2, 0) is 16.2 Å². The van der Waals surface area contributed by atoms with Crippen LogP contribution >= 0.6 is 12.4 Å². The Hall–Kier alpha value is -0.900. The van der Waals surface area contributed by atoms with Crippen molar-refractivity contribution in [3.63, 3.8) is 0 Å². The standard InChI is InChI=1S/C13H18F3N3O2S.ClH/c14-13(15,16)12-4-3-11(9-18-12)22(20,21)19-7-5-10-2-1-6-17-8-10;/h3-4,9-10,17,19H,1-2,5-8H2;1H. The number of hydrogen-bond acceptors (Lipinski definition) is 4. The van der Waals surface area contributed by atoms with E-state index in [9.17, 15) is 21.6 Å². The Labute approximate surface area is 139 Å². The molecular weight excluding hydrogens is 355 g/mol. The molecule has 0 saturated carbocycles. The zero-order valence-electron chi connectivity index (χ0n) is 12.3. The first-order valence-electron chi connectivity index (χ1n) is 7.03. The summed E-state index contributed by atoms with van der Waals surface area (Å²) < 4.78 is 63.6. The van der Waals surface area contributed by atoms with Gasteiger partial charge in [-0.1, -0.05) is 0 Å². The number of halogens is 4. The predicted molar refractivity (Wildman–Crippen MR) is 81.9 cm³/mol. The molecule has 10 heteroatoms. The fraction of sp³-hybridized carbons (Fsp3) is 0.615. The van der Waals surface area contributed by atoms with Gasteiger partial charge < -0.3 is 5.32 Å². The normalized spacial score (nSPS) is 19.2. The molecule has 0 aliphatic carbocycles. The second-order valence-electron chi connectivity index (χ2n) is 5.28. The first-order chi connectivity index (χ1) is 10.3. The minimum Gasteiger partial charge on any atom is -0.316 e. The van der Waals surface area contributed by atoms with Crippen molar-refractivity contribution in [1.29, 1.82) is 0 Å². The lowest BCUT2D eigenvalue weighted by molar-refractivity contribution is -0.141. The van der Waals surface area contributed by atoms with E-state index >= 15 is 0 Å². The van der Waals surface area contributed by atoms with Crippen LogP contribution in [0.15, 0.2) is 23.2 Å². The van der Waals surface area contributed by atoms with E-state index in [1.54, 1.807) is 0 Å². The molecule has 1 aromatic rings. The highest BCUT2D eigenvalue weighted by molar-refractivity contribution is 7.89. The lowest BCUT2D eigenvalue weighted by Gasteiger charge is -2.22. The quantitative estimate of drug-likeness (QED) is 0.830. The number of rotatable bonds is 5. The van der Waals surface area contributed by atoms with Gasteiger partial charge in [-0.2, -0.15) is 13.2 Å². The second-order valence-corrected chi connectivity index (χ2v) is 7.04. The highest BCUT2D eigenvalue weighted by Gasteiger charge is 2.32. The zero-order chi connectivity index (χ0) is 16.2. The molecule has 1 unspecified atom stereocenters. The van der Waals surface area contributed by atoms with Crippen LogP contribution in [0.3, 0.4) is 0 Å². The molecule has 1 saturated heterocycles. The molecule has 0 spiro atoms. The molecule has 132 valence electrons. The van der Waals surface area contributed by atoms with Crippen molar-refractivity contribution in [2.75, 3.05) is 19.6 Å². The largest absolute Gasteiger partial charge is 0.433 e. The molecule has 1 aliphatic heterocycles. The number of aromatic nitrogens is 1. The van der Waals surface area contributed by atoms with E-state index < -0.39 is 21.9 Å². The third kappa shape index (κ3) is 5.91. The van der Waals surface area contributed by atoms with Gasteiger partial charge in [-0.25, -0.2) is 13.1 Å². The highest BCUT2D eigenvalue weighted by Crippen LogP contribution is 2.27. The maximum Gasteiger partial charge on any atom is 0.433 e. The van der Waals surface area contributed by atoms with Crippen molar-refractivity contribution >= 4 is 22.4 Å². The van der Waals surface area contributed by atoms with E-state index in [-0.39, 0.29) is 23.8 Å². The minimum absolute atomic E-state index is 0. The van der Waals surface area contributed by atoms with Crippen LogP contribution in [0, 0.1) is 5.92 Å². The number of nitrogens with one attached hydrogen (secondary N) is 2. The van der Waals surface area contributed by atoms with Gasteiger partial charge in [-0.05, 0) is 50.4 Å². The summed E-state index contributed by atoms with van der Waals surface area (Å²) in [4.78, 5) is 2.90. The molecule has 0 bridgehead atoms. The topological polar surface area (TPSA) is 71.1 Å². The van der Waals surface area contributed by atoms with E-state index in [0.29, 0.717) is 18.4 Å². The summed E-state index contributed by atoms with van der Waals surface area (Å²) >= 11 is 0. The Kier molecular flexibility index (Phi) is 7.25. The van der Waals surface area contributed by atoms with Crippen LogP contribution < -0.4 is 10.0 Å². The van der Waals surface area contributed by atoms with Gasteiger partial charge in [0.25, 0.3) is 0 Å². The molecule has 0 radical (unpaired) electrons. The Bertz CT molecular complexity index is 587. The summed E-state index contributed by atoms with van der Waals surface area (Å²) in [5, 5.41) is 3.24. The molecule has 1 aliphatic rings. The second kappa shape index (κ2) is 8.27. The van der Waals surface area contributed by atoms with Crippen molar-refractivity contribution in [2.45, 2.75) is 30.3 Å². The monoisotopic (exact) mass is 373 g/mol. The molecule has 1 aromatic heterocycles. The van der Waals surface area contributed by atoms with Crippen LogP contribution in [0.5, 0.6) is 0 Å². The third-order valence-corrected chi connectivity index (χ3v) is 5.03. The van der Waals surface area contributed by atoms with Gasteiger partial charge in [0.2, 0.25) is 10.0 Å². The number of pyridine rings is 1. The average Bonchev–Trinajstić information content (AvgIpc) is 2.47. The summed E-state index contributed by atoms with van der Waals surface area (Å²) in [7, 11) is -3.82. The Balaban J connectivity index is 0.00000264. The van der Waals surface area contributed by atoms with Crippen molar-refractivity contribution < 1.29 is 21.6 Å².